The lowest BCUT2D eigenvalue weighted by atomic mass is 10.2. The number of hydrogen-bond donors (Lipinski definition) is 1. The molecule has 0 bridgehead atoms. The van der Waals surface area contributed by atoms with Crippen LogP contribution in [-0.2, 0) is 6.54 Å². The fraction of sp³-hybridized carbons (Fsp3) is 0.312. The number of benzene rings is 1. The van der Waals surface area contributed by atoms with E-state index in [0.29, 0.717) is 17.1 Å². The van der Waals surface area contributed by atoms with Gasteiger partial charge in [-0.3, -0.25) is 0 Å². The fourth-order valence-electron chi connectivity index (χ4n) is 2.64. The van der Waals surface area contributed by atoms with Gasteiger partial charge in [-0.2, -0.15) is 4.39 Å². The maximum Gasteiger partial charge on any atom is 0.212 e. The average Bonchev–Trinajstić information content (AvgIpc) is 2.96. The number of rotatable bonds is 4. The van der Waals surface area contributed by atoms with Gasteiger partial charge in [0.1, 0.15) is 5.82 Å². The van der Waals surface area contributed by atoms with Crippen molar-refractivity contribution >= 4 is 17.3 Å². The van der Waals surface area contributed by atoms with E-state index in [-0.39, 0.29) is 11.9 Å². The molecular formula is C16H16ClF2N3. The Morgan fingerprint density at radius 3 is 2.86 bits per heavy atom. The van der Waals surface area contributed by atoms with Gasteiger partial charge in [0.15, 0.2) is 0 Å². The molecule has 1 atom stereocenters. The number of hydrogen-bond acceptors (Lipinski definition) is 3. The van der Waals surface area contributed by atoms with Crippen molar-refractivity contribution in [2.45, 2.75) is 19.0 Å². The molecule has 1 aromatic carbocycles. The summed E-state index contributed by atoms with van der Waals surface area (Å²) in [7, 11) is 0. The summed E-state index contributed by atoms with van der Waals surface area (Å²) in [5.74, 6) is -0.770. The number of nitrogens with zero attached hydrogens (tertiary/aromatic N) is 2. The van der Waals surface area contributed by atoms with Crippen LogP contribution >= 0.6 is 11.6 Å². The quantitative estimate of drug-likeness (QED) is 0.874. The molecular weight excluding hydrogens is 308 g/mol. The summed E-state index contributed by atoms with van der Waals surface area (Å²) in [6.45, 7) is 2.12. The molecule has 6 heteroatoms. The minimum Gasteiger partial charge on any atom is -0.369 e. The van der Waals surface area contributed by atoms with Gasteiger partial charge >= 0.3 is 0 Å². The molecule has 22 heavy (non-hydrogen) atoms. The first-order valence-electron chi connectivity index (χ1n) is 7.15. The lowest BCUT2D eigenvalue weighted by Gasteiger charge is -2.18. The molecule has 2 heterocycles. The molecule has 0 aliphatic carbocycles. The molecule has 1 unspecified atom stereocenters. The van der Waals surface area contributed by atoms with Crippen LogP contribution in [0.3, 0.4) is 0 Å². The lowest BCUT2D eigenvalue weighted by Crippen LogP contribution is -2.32. The Hall–Kier alpha value is -1.72. The molecule has 1 aliphatic rings. The zero-order valence-corrected chi connectivity index (χ0v) is 12.7. The molecule has 1 fully saturated rings. The first-order chi connectivity index (χ1) is 10.6. The Balaban J connectivity index is 1.56. The number of nitrogens with one attached hydrogen (secondary N) is 1. The maximum absolute atomic E-state index is 13.7. The highest BCUT2D eigenvalue weighted by Crippen LogP contribution is 2.20. The standard InChI is InChI=1S/C16H16ClF2N3/c17-12-2-1-11(15(18)7-12)8-20-13-5-6-22(10-13)14-3-4-16(19)21-9-14/h1-4,7,9,13,20H,5-6,8,10H2. The maximum atomic E-state index is 13.7. The summed E-state index contributed by atoms with van der Waals surface area (Å²) in [6.07, 6.45) is 2.49. The number of pyridine rings is 1. The van der Waals surface area contributed by atoms with E-state index in [1.807, 2.05) is 0 Å². The van der Waals surface area contributed by atoms with Crippen LogP contribution in [0.5, 0.6) is 0 Å². The topological polar surface area (TPSA) is 28.2 Å². The minimum absolute atomic E-state index is 0.264. The zero-order chi connectivity index (χ0) is 15.5. The first kappa shape index (κ1) is 15.2. The van der Waals surface area contributed by atoms with Crippen LogP contribution in [0.15, 0.2) is 36.5 Å². The third kappa shape index (κ3) is 3.54. The molecule has 116 valence electrons. The normalized spacial score (nSPS) is 18.0. The Morgan fingerprint density at radius 2 is 2.14 bits per heavy atom. The number of aromatic nitrogens is 1. The molecule has 0 spiro atoms. The molecule has 1 saturated heterocycles. The largest absolute Gasteiger partial charge is 0.369 e. The van der Waals surface area contributed by atoms with E-state index in [9.17, 15) is 8.78 Å². The van der Waals surface area contributed by atoms with Gasteiger partial charge in [-0.05, 0) is 30.7 Å². The van der Waals surface area contributed by atoms with Crippen molar-refractivity contribution in [3.8, 4) is 0 Å². The van der Waals surface area contributed by atoms with E-state index in [1.54, 1.807) is 18.2 Å². The van der Waals surface area contributed by atoms with E-state index in [1.165, 1.54) is 18.3 Å². The van der Waals surface area contributed by atoms with Crippen molar-refractivity contribution in [2.24, 2.45) is 0 Å². The lowest BCUT2D eigenvalue weighted by molar-refractivity contribution is 0.529. The van der Waals surface area contributed by atoms with Crippen LogP contribution in [0, 0.1) is 11.8 Å². The van der Waals surface area contributed by atoms with Gasteiger partial charge in [-0.15, -0.1) is 0 Å². The molecule has 1 aliphatic heterocycles. The van der Waals surface area contributed by atoms with Crippen molar-refractivity contribution in [1.82, 2.24) is 10.3 Å². The molecule has 0 amide bonds. The van der Waals surface area contributed by atoms with E-state index >= 15 is 0 Å². The van der Waals surface area contributed by atoms with E-state index in [0.717, 1.165) is 25.2 Å². The summed E-state index contributed by atoms with van der Waals surface area (Å²) in [5, 5.41) is 3.75. The molecule has 3 rings (SSSR count). The highest BCUT2D eigenvalue weighted by atomic mass is 35.5. The third-order valence-electron chi connectivity index (χ3n) is 3.86. The van der Waals surface area contributed by atoms with E-state index in [2.05, 4.69) is 15.2 Å². The van der Waals surface area contributed by atoms with Gasteiger partial charge in [0.05, 0.1) is 11.9 Å². The minimum atomic E-state index is -0.476. The zero-order valence-electron chi connectivity index (χ0n) is 11.9. The van der Waals surface area contributed by atoms with Gasteiger partial charge in [0, 0.05) is 36.3 Å². The number of halogens is 3. The molecule has 1 aromatic heterocycles. The summed E-state index contributed by atoms with van der Waals surface area (Å²) in [4.78, 5) is 5.81. The first-order valence-corrected chi connectivity index (χ1v) is 7.53. The van der Waals surface area contributed by atoms with Gasteiger partial charge in [-0.1, -0.05) is 17.7 Å². The predicted molar refractivity (Wildman–Crippen MR) is 83.1 cm³/mol. The molecule has 0 saturated carbocycles. The highest BCUT2D eigenvalue weighted by Gasteiger charge is 2.22. The van der Waals surface area contributed by atoms with Crippen molar-refractivity contribution in [3.63, 3.8) is 0 Å². The Labute approximate surface area is 132 Å². The van der Waals surface area contributed by atoms with Crippen LogP contribution in [0.2, 0.25) is 5.02 Å². The van der Waals surface area contributed by atoms with Gasteiger partial charge < -0.3 is 10.2 Å². The smallest absolute Gasteiger partial charge is 0.212 e. The molecule has 3 nitrogen and oxygen atoms in total. The number of anilines is 1. The SMILES string of the molecule is Fc1ccc(N2CCC(NCc3ccc(Cl)cc3F)C2)cn1. The highest BCUT2D eigenvalue weighted by molar-refractivity contribution is 6.30. The second kappa shape index (κ2) is 6.58. The van der Waals surface area contributed by atoms with Crippen LogP contribution in [0.25, 0.3) is 0 Å². The Kier molecular flexibility index (Phi) is 4.55. The Bertz CT molecular complexity index is 648. The van der Waals surface area contributed by atoms with Gasteiger partial charge in [0.25, 0.3) is 0 Å². The van der Waals surface area contributed by atoms with Crippen LogP contribution in [-0.4, -0.2) is 24.1 Å². The Morgan fingerprint density at radius 1 is 1.27 bits per heavy atom. The summed E-state index contributed by atoms with van der Waals surface area (Å²) >= 11 is 5.74. The van der Waals surface area contributed by atoms with Crippen molar-refractivity contribution in [3.05, 3.63) is 58.9 Å². The van der Waals surface area contributed by atoms with Crippen LogP contribution < -0.4 is 10.2 Å². The van der Waals surface area contributed by atoms with Crippen molar-refractivity contribution in [1.29, 1.82) is 0 Å². The third-order valence-corrected chi connectivity index (χ3v) is 4.10. The van der Waals surface area contributed by atoms with E-state index in [4.69, 9.17) is 11.6 Å². The monoisotopic (exact) mass is 323 g/mol. The summed E-state index contributed by atoms with van der Waals surface area (Å²) < 4.78 is 26.6. The van der Waals surface area contributed by atoms with Gasteiger partial charge in [0.2, 0.25) is 5.95 Å². The van der Waals surface area contributed by atoms with Crippen molar-refractivity contribution < 1.29 is 8.78 Å². The summed E-state index contributed by atoms with van der Waals surface area (Å²) in [6, 6.07) is 8.06. The molecule has 0 radical (unpaired) electrons. The second-order valence-corrected chi connectivity index (χ2v) is 5.82. The molecule has 2 aromatic rings. The van der Waals surface area contributed by atoms with E-state index < -0.39 is 5.95 Å². The second-order valence-electron chi connectivity index (χ2n) is 5.39. The predicted octanol–water partition coefficient (Wildman–Crippen LogP) is 3.38. The average molecular weight is 324 g/mol. The van der Waals surface area contributed by atoms with Crippen molar-refractivity contribution in [2.75, 3.05) is 18.0 Å². The summed E-state index contributed by atoms with van der Waals surface area (Å²) in [5.41, 5.74) is 1.51. The van der Waals surface area contributed by atoms with Crippen LogP contribution in [0.4, 0.5) is 14.5 Å². The van der Waals surface area contributed by atoms with Gasteiger partial charge in [-0.25, -0.2) is 9.37 Å². The molecule has 1 N–H and O–H groups in total. The fourth-order valence-corrected chi connectivity index (χ4v) is 2.79. The van der Waals surface area contributed by atoms with Crippen LogP contribution in [0.1, 0.15) is 12.0 Å².